The number of amides is 2. The number of hydrogen-bond donors (Lipinski definition) is 2. The Labute approximate surface area is 194 Å². The molecular formula is C22H17N5O4S2. The molecule has 0 spiro atoms. The van der Waals surface area contributed by atoms with Crippen LogP contribution in [0.5, 0.6) is 0 Å². The Hall–Kier alpha value is -3.70. The highest BCUT2D eigenvalue weighted by Gasteiger charge is 2.33. The smallest absolute Gasteiger partial charge is 0.257 e. The van der Waals surface area contributed by atoms with Gasteiger partial charge >= 0.3 is 0 Å². The maximum Gasteiger partial charge on any atom is 0.257 e. The number of carbonyl (C=O) groups excluding carboxylic acids is 2. The van der Waals surface area contributed by atoms with Crippen LogP contribution >= 0.6 is 11.8 Å². The summed E-state index contributed by atoms with van der Waals surface area (Å²) in [7, 11) is -3.44. The summed E-state index contributed by atoms with van der Waals surface area (Å²) in [5, 5.41) is 6.03. The maximum absolute atomic E-state index is 12.8. The summed E-state index contributed by atoms with van der Waals surface area (Å²) in [4.78, 5) is 31.7. The van der Waals surface area contributed by atoms with E-state index in [-0.39, 0.29) is 17.6 Å². The first-order valence-corrected chi connectivity index (χ1v) is 12.4. The Morgan fingerprint density at radius 2 is 1.61 bits per heavy atom. The minimum atomic E-state index is -3.44. The molecular weight excluding hydrogens is 462 g/mol. The van der Waals surface area contributed by atoms with Crippen molar-refractivity contribution in [3.8, 4) is 0 Å². The van der Waals surface area contributed by atoms with Gasteiger partial charge in [-0.25, -0.2) is 8.42 Å². The van der Waals surface area contributed by atoms with E-state index >= 15 is 0 Å². The first kappa shape index (κ1) is 21.2. The summed E-state index contributed by atoms with van der Waals surface area (Å²) in [6, 6.07) is 15.3. The quantitative estimate of drug-likeness (QED) is 0.589. The molecule has 0 aliphatic carbocycles. The van der Waals surface area contributed by atoms with E-state index in [2.05, 4.69) is 20.0 Å². The number of anilines is 3. The predicted octanol–water partition coefficient (Wildman–Crippen LogP) is 3.20. The van der Waals surface area contributed by atoms with Crippen LogP contribution in [0, 0.1) is 0 Å². The largest absolute Gasteiger partial charge is 0.322 e. The number of carbonyl (C=O) groups is 2. The summed E-state index contributed by atoms with van der Waals surface area (Å²) in [6.07, 6.45) is 3.08. The molecule has 2 amide bonds. The maximum atomic E-state index is 12.8. The molecule has 2 N–H and O–H groups in total. The molecule has 3 aromatic rings. The molecule has 0 atom stereocenters. The van der Waals surface area contributed by atoms with Crippen molar-refractivity contribution in [1.29, 1.82) is 0 Å². The zero-order chi connectivity index (χ0) is 23.0. The molecule has 0 saturated heterocycles. The van der Waals surface area contributed by atoms with Gasteiger partial charge in [-0.3, -0.25) is 14.6 Å². The molecule has 2 aromatic carbocycles. The zero-order valence-electron chi connectivity index (χ0n) is 17.1. The van der Waals surface area contributed by atoms with Crippen LogP contribution in [-0.2, 0) is 10.0 Å². The van der Waals surface area contributed by atoms with E-state index in [1.807, 2.05) is 4.90 Å². The van der Waals surface area contributed by atoms with Crippen molar-refractivity contribution in [3.05, 3.63) is 78.1 Å². The lowest BCUT2D eigenvalue weighted by Gasteiger charge is -2.22. The SMILES string of the molecule is O=C(Nc1cccc(NC(=O)c2ccc3c(c2)SC2=NS(=O)(=O)CCN23)c1)c1ccncc1. The van der Waals surface area contributed by atoms with Gasteiger partial charge in [0.15, 0.2) is 5.17 Å². The van der Waals surface area contributed by atoms with E-state index in [4.69, 9.17) is 0 Å². The molecule has 2 aliphatic heterocycles. The van der Waals surface area contributed by atoms with Crippen molar-refractivity contribution in [2.24, 2.45) is 4.40 Å². The third-order valence-electron chi connectivity index (χ3n) is 5.06. The summed E-state index contributed by atoms with van der Waals surface area (Å²) in [5.41, 5.74) is 2.80. The molecule has 166 valence electrons. The Morgan fingerprint density at radius 3 is 2.33 bits per heavy atom. The first-order chi connectivity index (χ1) is 15.9. The third-order valence-corrected chi connectivity index (χ3v) is 7.36. The normalized spacial score (nSPS) is 15.8. The highest BCUT2D eigenvalue weighted by Crippen LogP contribution is 2.42. The summed E-state index contributed by atoms with van der Waals surface area (Å²) in [6.45, 7) is 0.338. The molecule has 0 radical (unpaired) electrons. The van der Waals surface area contributed by atoms with E-state index in [9.17, 15) is 18.0 Å². The fourth-order valence-electron chi connectivity index (χ4n) is 3.46. The van der Waals surface area contributed by atoms with Gasteiger partial charge in [-0.1, -0.05) is 6.07 Å². The van der Waals surface area contributed by atoms with Crippen molar-refractivity contribution >= 4 is 55.8 Å². The van der Waals surface area contributed by atoms with Crippen molar-refractivity contribution in [3.63, 3.8) is 0 Å². The molecule has 0 fully saturated rings. The average Bonchev–Trinajstić information content (AvgIpc) is 3.15. The Bertz CT molecular complexity index is 1410. The lowest BCUT2D eigenvalue weighted by atomic mass is 10.1. The van der Waals surface area contributed by atoms with Crippen LogP contribution in [0.15, 0.2) is 76.3 Å². The van der Waals surface area contributed by atoms with Gasteiger partial charge in [0.25, 0.3) is 21.8 Å². The molecule has 5 rings (SSSR count). The molecule has 9 nitrogen and oxygen atoms in total. The number of aromatic nitrogens is 1. The molecule has 0 bridgehead atoms. The van der Waals surface area contributed by atoms with Gasteiger partial charge in [0.05, 0.1) is 11.4 Å². The monoisotopic (exact) mass is 479 g/mol. The van der Waals surface area contributed by atoms with Crippen LogP contribution < -0.4 is 15.5 Å². The highest BCUT2D eigenvalue weighted by molar-refractivity contribution is 8.15. The number of fused-ring (bicyclic) bond motifs is 3. The van der Waals surface area contributed by atoms with Gasteiger partial charge < -0.3 is 15.5 Å². The number of benzene rings is 2. The minimum Gasteiger partial charge on any atom is -0.322 e. The van der Waals surface area contributed by atoms with Crippen LogP contribution in [-0.4, -0.2) is 42.7 Å². The van der Waals surface area contributed by atoms with Crippen molar-refractivity contribution in [1.82, 2.24) is 4.98 Å². The lowest BCUT2D eigenvalue weighted by Crippen LogP contribution is -2.35. The second-order valence-electron chi connectivity index (χ2n) is 7.32. The fourth-order valence-corrected chi connectivity index (χ4v) is 5.75. The fraction of sp³-hybridized carbons (Fsp3) is 0.0909. The van der Waals surface area contributed by atoms with Crippen molar-refractivity contribution in [2.45, 2.75) is 4.90 Å². The molecule has 0 unspecified atom stereocenters. The number of nitrogens with one attached hydrogen (secondary N) is 2. The number of rotatable bonds is 4. The molecule has 2 aliphatic rings. The van der Waals surface area contributed by atoms with Crippen LogP contribution in [0.25, 0.3) is 0 Å². The van der Waals surface area contributed by atoms with Gasteiger partial charge in [0, 0.05) is 46.3 Å². The van der Waals surface area contributed by atoms with E-state index in [0.29, 0.717) is 34.2 Å². The first-order valence-electron chi connectivity index (χ1n) is 9.93. The number of sulfonamides is 1. The zero-order valence-corrected chi connectivity index (χ0v) is 18.7. The molecule has 0 saturated carbocycles. The molecule has 1 aromatic heterocycles. The summed E-state index contributed by atoms with van der Waals surface area (Å²) in [5.74, 6) is -0.638. The Morgan fingerprint density at radius 1 is 0.909 bits per heavy atom. The molecule has 11 heteroatoms. The minimum absolute atomic E-state index is 0.0349. The Balaban J connectivity index is 1.30. The number of hydrogen-bond acceptors (Lipinski definition) is 7. The average molecular weight is 480 g/mol. The van der Waals surface area contributed by atoms with Gasteiger partial charge in [0.1, 0.15) is 0 Å². The summed E-state index contributed by atoms with van der Waals surface area (Å²) >= 11 is 1.23. The second kappa shape index (κ2) is 8.34. The van der Waals surface area contributed by atoms with E-state index in [1.54, 1.807) is 54.6 Å². The van der Waals surface area contributed by atoms with Crippen molar-refractivity contribution in [2.75, 3.05) is 27.8 Å². The highest BCUT2D eigenvalue weighted by atomic mass is 32.2. The van der Waals surface area contributed by atoms with E-state index in [1.165, 1.54) is 24.2 Å². The molecule has 3 heterocycles. The van der Waals surface area contributed by atoms with Crippen LogP contribution in [0.2, 0.25) is 0 Å². The van der Waals surface area contributed by atoms with E-state index < -0.39 is 10.0 Å². The number of thioether (sulfide) groups is 1. The topological polar surface area (TPSA) is 121 Å². The number of nitrogens with zero attached hydrogens (tertiary/aromatic N) is 3. The third kappa shape index (κ3) is 4.45. The second-order valence-corrected chi connectivity index (χ2v) is 10.1. The predicted molar refractivity (Wildman–Crippen MR) is 127 cm³/mol. The molecule has 33 heavy (non-hydrogen) atoms. The number of amidine groups is 1. The number of pyridine rings is 1. The van der Waals surface area contributed by atoms with Crippen LogP contribution in [0.1, 0.15) is 20.7 Å². The van der Waals surface area contributed by atoms with Crippen LogP contribution in [0.4, 0.5) is 17.1 Å². The van der Waals surface area contributed by atoms with Gasteiger partial charge in [-0.15, -0.1) is 4.40 Å². The van der Waals surface area contributed by atoms with E-state index in [0.717, 1.165) is 10.6 Å². The lowest BCUT2D eigenvalue weighted by molar-refractivity contribution is 0.101. The van der Waals surface area contributed by atoms with Gasteiger partial charge in [-0.2, -0.15) is 0 Å². The van der Waals surface area contributed by atoms with Crippen LogP contribution in [0.3, 0.4) is 0 Å². The Kier molecular flexibility index (Phi) is 5.35. The summed E-state index contributed by atoms with van der Waals surface area (Å²) < 4.78 is 27.4. The standard InChI is InChI=1S/C22H17N5O4S2/c28-20(14-6-8-23-9-7-14)24-16-2-1-3-17(13-16)25-21(29)15-4-5-18-19(12-15)32-22-26-33(30,31)11-10-27(18)22/h1-9,12-13H,10-11H2,(H,24,28)(H,25,29). The van der Waals surface area contributed by atoms with Gasteiger partial charge in [0.2, 0.25) is 0 Å². The van der Waals surface area contributed by atoms with Crippen molar-refractivity contribution < 1.29 is 18.0 Å². The van der Waals surface area contributed by atoms with Gasteiger partial charge in [-0.05, 0) is 60.3 Å².